The zero-order valence-electron chi connectivity index (χ0n) is 11.5. The van der Waals surface area contributed by atoms with E-state index in [0.29, 0.717) is 17.8 Å². The summed E-state index contributed by atoms with van der Waals surface area (Å²) in [5, 5.41) is 6.34. The lowest BCUT2D eigenvalue weighted by Crippen LogP contribution is -2.37. The molecule has 0 saturated heterocycles. The van der Waals surface area contributed by atoms with E-state index in [1.807, 2.05) is 14.1 Å². The first-order valence-electron chi connectivity index (χ1n) is 5.93. The Bertz CT molecular complexity index is 382. The molecule has 1 heterocycles. The molecule has 1 unspecified atom stereocenters. The fourth-order valence-electron chi connectivity index (χ4n) is 1.51. The second-order valence-electron chi connectivity index (χ2n) is 4.76. The molecule has 0 bridgehead atoms. The zero-order valence-corrected chi connectivity index (χ0v) is 12.3. The number of rotatable bonds is 6. The Hall–Kier alpha value is -1.14. The number of hydrogen-bond donors (Lipinski definition) is 2. The van der Waals surface area contributed by atoms with Gasteiger partial charge < -0.3 is 15.5 Å². The molecule has 0 aliphatic carbocycles. The molecule has 0 spiro atoms. The standard InChI is InChI=1S/C11H21ClN6/c1-7(2)8(6-18(4)5)14-11-16-9(12)15-10(13-3)17-11/h7-8H,6H2,1-5H3,(H2,13,14,15,16,17). The summed E-state index contributed by atoms with van der Waals surface area (Å²) in [7, 11) is 5.82. The van der Waals surface area contributed by atoms with Crippen LogP contribution in [0.3, 0.4) is 0 Å². The molecule has 1 aromatic heterocycles. The Kier molecular flexibility index (Phi) is 5.55. The Morgan fingerprint density at radius 3 is 2.28 bits per heavy atom. The van der Waals surface area contributed by atoms with E-state index >= 15 is 0 Å². The molecule has 0 radical (unpaired) electrons. The van der Waals surface area contributed by atoms with Crippen LogP contribution in [0.25, 0.3) is 0 Å². The molecule has 0 fully saturated rings. The van der Waals surface area contributed by atoms with Gasteiger partial charge in [0.1, 0.15) is 0 Å². The molecule has 0 aliphatic heterocycles. The highest BCUT2D eigenvalue weighted by molar-refractivity contribution is 6.28. The highest BCUT2D eigenvalue weighted by Crippen LogP contribution is 2.13. The summed E-state index contributed by atoms with van der Waals surface area (Å²) in [6, 6.07) is 0.253. The van der Waals surface area contributed by atoms with Crippen LogP contribution in [-0.2, 0) is 0 Å². The van der Waals surface area contributed by atoms with Crippen molar-refractivity contribution in [1.82, 2.24) is 19.9 Å². The molecule has 7 heteroatoms. The summed E-state index contributed by atoms with van der Waals surface area (Å²) in [5.74, 6) is 1.42. The van der Waals surface area contributed by atoms with Crippen LogP contribution in [0.1, 0.15) is 13.8 Å². The summed E-state index contributed by atoms with van der Waals surface area (Å²) in [4.78, 5) is 14.4. The number of nitrogens with zero attached hydrogens (tertiary/aromatic N) is 4. The number of nitrogens with one attached hydrogen (secondary N) is 2. The molecule has 1 atom stereocenters. The van der Waals surface area contributed by atoms with E-state index in [1.165, 1.54) is 0 Å². The van der Waals surface area contributed by atoms with Crippen molar-refractivity contribution in [3.05, 3.63) is 5.28 Å². The number of aromatic nitrogens is 3. The molecule has 2 N–H and O–H groups in total. The van der Waals surface area contributed by atoms with Crippen LogP contribution in [0.2, 0.25) is 5.28 Å². The van der Waals surface area contributed by atoms with Gasteiger partial charge in [-0.2, -0.15) is 15.0 Å². The van der Waals surface area contributed by atoms with E-state index in [9.17, 15) is 0 Å². The zero-order chi connectivity index (χ0) is 13.7. The van der Waals surface area contributed by atoms with Gasteiger partial charge in [0.15, 0.2) is 0 Å². The largest absolute Gasteiger partial charge is 0.357 e. The Morgan fingerprint density at radius 2 is 1.78 bits per heavy atom. The van der Waals surface area contributed by atoms with Crippen molar-refractivity contribution in [2.75, 3.05) is 38.3 Å². The van der Waals surface area contributed by atoms with Crippen LogP contribution in [0.4, 0.5) is 11.9 Å². The van der Waals surface area contributed by atoms with Crippen LogP contribution in [0.5, 0.6) is 0 Å². The van der Waals surface area contributed by atoms with Gasteiger partial charge in [-0.3, -0.25) is 0 Å². The van der Waals surface area contributed by atoms with Crippen LogP contribution in [0.15, 0.2) is 0 Å². The van der Waals surface area contributed by atoms with Crippen LogP contribution in [0, 0.1) is 5.92 Å². The summed E-state index contributed by atoms with van der Waals surface area (Å²) >= 11 is 5.84. The minimum Gasteiger partial charge on any atom is -0.357 e. The van der Waals surface area contributed by atoms with Gasteiger partial charge in [-0.05, 0) is 31.6 Å². The van der Waals surface area contributed by atoms with Gasteiger partial charge in [0.2, 0.25) is 17.2 Å². The fraction of sp³-hybridized carbons (Fsp3) is 0.727. The maximum absolute atomic E-state index is 5.84. The Balaban J connectivity index is 2.82. The topological polar surface area (TPSA) is 66.0 Å². The maximum atomic E-state index is 5.84. The van der Waals surface area contributed by atoms with Crippen molar-refractivity contribution < 1.29 is 0 Å². The lowest BCUT2D eigenvalue weighted by Gasteiger charge is -2.25. The highest BCUT2D eigenvalue weighted by Gasteiger charge is 2.16. The van der Waals surface area contributed by atoms with E-state index in [0.717, 1.165) is 6.54 Å². The van der Waals surface area contributed by atoms with Crippen molar-refractivity contribution in [3.8, 4) is 0 Å². The predicted molar refractivity (Wildman–Crippen MR) is 75.2 cm³/mol. The van der Waals surface area contributed by atoms with Gasteiger partial charge >= 0.3 is 0 Å². The Morgan fingerprint density at radius 1 is 1.17 bits per heavy atom. The lowest BCUT2D eigenvalue weighted by atomic mass is 10.0. The summed E-state index contributed by atoms with van der Waals surface area (Å²) in [6.45, 7) is 5.21. The van der Waals surface area contributed by atoms with Gasteiger partial charge in [0.05, 0.1) is 0 Å². The molecule has 1 rings (SSSR count). The second-order valence-corrected chi connectivity index (χ2v) is 5.10. The van der Waals surface area contributed by atoms with E-state index in [1.54, 1.807) is 7.05 Å². The molecule has 6 nitrogen and oxygen atoms in total. The fourth-order valence-corrected chi connectivity index (χ4v) is 1.67. The third-order valence-corrected chi connectivity index (χ3v) is 2.68. The van der Waals surface area contributed by atoms with Crippen molar-refractivity contribution in [2.24, 2.45) is 5.92 Å². The SMILES string of the molecule is CNc1nc(Cl)nc(NC(CN(C)C)C(C)C)n1. The molecular formula is C11H21ClN6. The average Bonchev–Trinajstić information content (AvgIpc) is 2.26. The quantitative estimate of drug-likeness (QED) is 0.819. The summed E-state index contributed by atoms with van der Waals surface area (Å²) < 4.78 is 0. The van der Waals surface area contributed by atoms with Gasteiger partial charge in [-0.15, -0.1) is 0 Å². The highest BCUT2D eigenvalue weighted by atomic mass is 35.5. The number of hydrogen-bond acceptors (Lipinski definition) is 6. The van der Waals surface area contributed by atoms with Crippen molar-refractivity contribution in [1.29, 1.82) is 0 Å². The monoisotopic (exact) mass is 272 g/mol. The second kappa shape index (κ2) is 6.70. The predicted octanol–water partition coefficient (Wildman–Crippen LogP) is 1.56. The lowest BCUT2D eigenvalue weighted by molar-refractivity contribution is 0.343. The molecule has 0 aliphatic rings. The number of anilines is 2. The smallest absolute Gasteiger partial charge is 0.229 e. The summed E-state index contributed by atoms with van der Waals surface area (Å²) in [6.07, 6.45) is 0. The first-order valence-corrected chi connectivity index (χ1v) is 6.30. The van der Waals surface area contributed by atoms with Crippen molar-refractivity contribution >= 4 is 23.5 Å². The third-order valence-electron chi connectivity index (χ3n) is 2.51. The molecule has 102 valence electrons. The minimum atomic E-state index is 0.184. The first-order chi connectivity index (χ1) is 8.42. The molecule has 0 aromatic carbocycles. The molecule has 0 amide bonds. The Labute approximate surface area is 113 Å². The third kappa shape index (κ3) is 4.62. The molecule has 1 aromatic rings. The van der Waals surface area contributed by atoms with E-state index in [-0.39, 0.29) is 11.3 Å². The maximum Gasteiger partial charge on any atom is 0.229 e. The van der Waals surface area contributed by atoms with Crippen molar-refractivity contribution in [3.63, 3.8) is 0 Å². The van der Waals surface area contributed by atoms with Crippen LogP contribution >= 0.6 is 11.6 Å². The molecule has 18 heavy (non-hydrogen) atoms. The average molecular weight is 273 g/mol. The van der Waals surface area contributed by atoms with Gasteiger partial charge in [0.25, 0.3) is 0 Å². The van der Waals surface area contributed by atoms with Gasteiger partial charge in [-0.25, -0.2) is 0 Å². The van der Waals surface area contributed by atoms with E-state index in [2.05, 4.69) is 44.3 Å². The first kappa shape index (κ1) is 14.9. The van der Waals surface area contributed by atoms with E-state index < -0.39 is 0 Å². The number of halogens is 1. The normalized spacial score (nSPS) is 12.9. The van der Waals surface area contributed by atoms with Crippen LogP contribution in [-0.4, -0.2) is 53.6 Å². The van der Waals surface area contributed by atoms with Gasteiger partial charge in [-0.1, -0.05) is 13.8 Å². The van der Waals surface area contributed by atoms with Crippen molar-refractivity contribution in [2.45, 2.75) is 19.9 Å². The number of likely N-dealkylation sites (N-methyl/N-ethyl adjacent to an activating group) is 1. The minimum absolute atomic E-state index is 0.184. The summed E-state index contributed by atoms with van der Waals surface area (Å²) in [5.41, 5.74) is 0. The van der Waals surface area contributed by atoms with Crippen LogP contribution < -0.4 is 10.6 Å². The van der Waals surface area contributed by atoms with E-state index in [4.69, 9.17) is 11.6 Å². The molecular weight excluding hydrogens is 252 g/mol. The molecule has 0 saturated carbocycles. The van der Waals surface area contributed by atoms with Gasteiger partial charge in [0, 0.05) is 19.6 Å².